The van der Waals surface area contributed by atoms with Crippen molar-refractivity contribution in [1.29, 1.82) is 0 Å². The lowest BCUT2D eigenvalue weighted by atomic mass is 9.92. The molecule has 2 heterocycles. The molecule has 1 amide bonds. The lowest BCUT2D eigenvalue weighted by Crippen LogP contribution is -2.45. The Labute approximate surface area is 163 Å². The Balaban J connectivity index is 1.83. The Morgan fingerprint density at radius 2 is 2.19 bits per heavy atom. The van der Waals surface area contributed by atoms with Crippen LogP contribution in [0.5, 0.6) is 11.6 Å². The Morgan fingerprint density at radius 1 is 1.38 bits per heavy atom. The van der Waals surface area contributed by atoms with E-state index in [0.29, 0.717) is 40.4 Å². The van der Waals surface area contributed by atoms with E-state index in [-0.39, 0.29) is 17.8 Å². The van der Waals surface area contributed by atoms with Crippen molar-refractivity contribution in [3.63, 3.8) is 0 Å². The summed E-state index contributed by atoms with van der Waals surface area (Å²) < 4.78 is 5.81. The van der Waals surface area contributed by atoms with Crippen LogP contribution in [0.4, 0.5) is 0 Å². The molecule has 1 fully saturated rings. The number of carbonyl (C=O) groups excluding carboxylic acids is 1. The lowest BCUT2D eigenvalue weighted by molar-refractivity contribution is 0.0657. The van der Waals surface area contributed by atoms with E-state index in [0.717, 1.165) is 12.8 Å². The molecule has 138 valence electrons. The van der Waals surface area contributed by atoms with Crippen molar-refractivity contribution in [3.05, 3.63) is 52.1 Å². The van der Waals surface area contributed by atoms with Gasteiger partial charge in [-0.15, -0.1) is 0 Å². The number of rotatable bonds is 4. The Morgan fingerprint density at radius 3 is 2.92 bits per heavy atom. The third kappa shape index (κ3) is 4.29. The van der Waals surface area contributed by atoms with Crippen molar-refractivity contribution in [2.24, 2.45) is 11.7 Å². The first kappa shape index (κ1) is 19.0. The van der Waals surface area contributed by atoms with Crippen molar-refractivity contribution in [1.82, 2.24) is 9.88 Å². The van der Waals surface area contributed by atoms with Crippen LogP contribution in [0.3, 0.4) is 0 Å². The standard InChI is InChI=1S/C19H21Cl2N3O2/c1-12(22)13-4-3-9-24(11-13)19(25)15-5-2-8-23-18(15)26-17-7-6-14(20)10-16(17)21/h2,5-8,10,12-13H,3-4,9,11,22H2,1H3/t12-,13+/m0/s1. The molecule has 0 bridgehead atoms. The highest BCUT2D eigenvalue weighted by Crippen LogP contribution is 2.32. The molecule has 0 spiro atoms. The molecule has 1 saturated heterocycles. The lowest BCUT2D eigenvalue weighted by Gasteiger charge is -2.34. The van der Waals surface area contributed by atoms with Gasteiger partial charge in [-0.3, -0.25) is 4.79 Å². The summed E-state index contributed by atoms with van der Waals surface area (Å²) in [5.41, 5.74) is 6.43. The highest BCUT2D eigenvalue weighted by atomic mass is 35.5. The molecule has 5 nitrogen and oxygen atoms in total. The van der Waals surface area contributed by atoms with Gasteiger partial charge in [0.05, 0.1) is 5.02 Å². The van der Waals surface area contributed by atoms with Gasteiger partial charge in [-0.1, -0.05) is 23.2 Å². The molecule has 2 N–H and O–H groups in total. The number of ether oxygens (including phenoxy) is 1. The number of hydrogen-bond donors (Lipinski definition) is 1. The van der Waals surface area contributed by atoms with Crippen LogP contribution in [-0.4, -0.2) is 34.9 Å². The van der Waals surface area contributed by atoms with Crippen LogP contribution < -0.4 is 10.5 Å². The first-order valence-electron chi connectivity index (χ1n) is 8.58. The maximum absolute atomic E-state index is 13.0. The molecule has 1 aromatic heterocycles. The zero-order valence-corrected chi connectivity index (χ0v) is 16.0. The molecular formula is C19H21Cl2N3O2. The van der Waals surface area contributed by atoms with Gasteiger partial charge in [0.1, 0.15) is 11.3 Å². The van der Waals surface area contributed by atoms with Crippen molar-refractivity contribution in [3.8, 4) is 11.6 Å². The van der Waals surface area contributed by atoms with Gasteiger partial charge in [0.15, 0.2) is 0 Å². The van der Waals surface area contributed by atoms with E-state index in [2.05, 4.69) is 4.98 Å². The average Bonchev–Trinajstić information content (AvgIpc) is 2.64. The number of likely N-dealkylation sites (tertiary alicyclic amines) is 1. The van der Waals surface area contributed by atoms with Crippen LogP contribution in [-0.2, 0) is 0 Å². The van der Waals surface area contributed by atoms with E-state index in [9.17, 15) is 4.79 Å². The number of halogens is 2. The monoisotopic (exact) mass is 393 g/mol. The summed E-state index contributed by atoms with van der Waals surface area (Å²) >= 11 is 12.1. The topological polar surface area (TPSA) is 68.5 Å². The summed E-state index contributed by atoms with van der Waals surface area (Å²) in [6.45, 7) is 3.34. The molecule has 0 aliphatic carbocycles. The van der Waals surface area contributed by atoms with Crippen LogP contribution >= 0.6 is 23.2 Å². The molecular weight excluding hydrogens is 373 g/mol. The minimum atomic E-state index is -0.108. The molecule has 0 saturated carbocycles. The second kappa shape index (κ2) is 8.25. The molecule has 1 aliphatic rings. The third-order valence-corrected chi connectivity index (χ3v) is 5.12. The molecule has 3 rings (SSSR count). The van der Waals surface area contributed by atoms with Gasteiger partial charge in [0.2, 0.25) is 5.88 Å². The molecule has 2 aromatic rings. The number of aromatic nitrogens is 1. The fraction of sp³-hybridized carbons (Fsp3) is 0.368. The van der Waals surface area contributed by atoms with Gasteiger partial charge >= 0.3 is 0 Å². The minimum absolute atomic E-state index is 0.0584. The average molecular weight is 394 g/mol. The van der Waals surface area contributed by atoms with E-state index in [1.165, 1.54) is 0 Å². The van der Waals surface area contributed by atoms with E-state index in [4.69, 9.17) is 33.7 Å². The zero-order chi connectivity index (χ0) is 18.7. The number of nitrogens with two attached hydrogens (primary N) is 1. The van der Waals surface area contributed by atoms with E-state index in [1.807, 2.05) is 11.8 Å². The first-order valence-corrected chi connectivity index (χ1v) is 9.34. The Bertz CT molecular complexity index is 798. The van der Waals surface area contributed by atoms with Crippen LogP contribution in [0, 0.1) is 5.92 Å². The minimum Gasteiger partial charge on any atom is -0.437 e. The van der Waals surface area contributed by atoms with Crippen LogP contribution in [0.1, 0.15) is 30.1 Å². The Kier molecular flexibility index (Phi) is 6.01. The zero-order valence-electron chi connectivity index (χ0n) is 14.5. The number of amides is 1. The smallest absolute Gasteiger partial charge is 0.259 e. The predicted octanol–water partition coefficient (Wildman–Crippen LogP) is 4.38. The van der Waals surface area contributed by atoms with Crippen molar-refractivity contribution in [2.75, 3.05) is 13.1 Å². The predicted molar refractivity (Wildman–Crippen MR) is 103 cm³/mol. The number of nitrogens with zero attached hydrogens (tertiary/aromatic N) is 2. The van der Waals surface area contributed by atoms with Gasteiger partial charge < -0.3 is 15.4 Å². The summed E-state index contributed by atoms with van der Waals surface area (Å²) in [6.07, 6.45) is 3.56. The summed E-state index contributed by atoms with van der Waals surface area (Å²) in [5.74, 6) is 0.823. The number of hydrogen-bond acceptors (Lipinski definition) is 4. The number of pyridine rings is 1. The normalized spacial score (nSPS) is 18.5. The van der Waals surface area contributed by atoms with Crippen LogP contribution in [0.2, 0.25) is 10.0 Å². The Hall–Kier alpha value is -1.82. The summed E-state index contributed by atoms with van der Waals surface area (Å²) in [5, 5.41) is 0.867. The molecule has 1 aromatic carbocycles. The second-order valence-corrected chi connectivity index (χ2v) is 7.39. The number of carbonyl (C=O) groups is 1. The molecule has 1 aliphatic heterocycles. The molecule has 0 unspecified atom stereocenters. The summed E-state index contributed by atoms with van der Waals surface area (Å²) in [7, 11) is 0. The van der Waals surface area contributed by atoms with Gasteiger partial charge in [-0.25, -0.2) is 4.98 Å². The van der Waals surface area contributed by atoms with Crippen LogP contribution in [0.25, 0.3) is 0 Å². The molecule has 2 atom stereocenters. The van der Waals surface area contributed by atoms with E-state index in [1.54, 1.807) is 36.5 Å². The first-order chi connectivity index (χ1) is 12.5. The number of benzene rings is 1. The maximum atomic E-state index is 13.0. The van der Waals surface area contributed by atoms with Crippen molar-refractivity contribution >= 4 is 29.1 Å². The largest absolute Gasteiger partial charge is 0.437 e. The van der Waals surface area contributed by atoms with E-state index < -0.39 is 0 Å². The number of piperidine rings is 1. The van der Waals surface area contributed by atoms with Gasteiger partial charge in [-0.05, 0) is 56.0 Å². The fourth-order valence-electron chi connectivity index (χ4n) is 3.09. The molecule has 0 radical (unpaired) electrons. The second-order valence-electron chi connectivity index (χ2n) is 6.55. The summed E-state index contributed by atoms with van der Waals surface area (Å²) in [6, 6.07) is 8.40. The molecule has 26 heavy (non-hydrogen) atoms. The quantitative estimate of drug-likeness (QED) is 0.836. The third-order valence-electron chi connectivity index (χ3n) is 4.59. The van der Waals surface area contributed by atoms with Crippen LogP contribution in [0.15, 0.2) is 36.5 Å². The SMILES string of the molecule is C[C@H](N)[C@@H]1CCCN(C(=O)c2cccnc2Oc2ccc(Cl)cc2Cl)C1. The summed E-state index contributed by atoms with van der Waals surface area (Å²) in [4.78, 5) is 19.1. The van der Waals surface area contributed by atoms with Crippen molar-refractivity contribution in [2.45, 2.75) is 25.8 Å². The maximum Gasteiger partial charge on any atom is 0.259 e. The van der Waals surface area contributed by atoms with Gasteiger partial charge in [0.25, 0.3) is 5.91 Å². The van der Waals surface area contributed by atoms with Gasteiger partial charge in [-0.2, -0.15) is 0 Å². The van der Waals surface area contributed by atoms with Crippen molar-refractivity contribution < 1.29 is 9.53 Å². The van der Waals surface area contributed by atoms with E-state index >= 15 is 0 Å². The van der Waals surface area contributed by atoms with Gasteiger partial charge in [0, 0.05) is 30.4 Å². The highest BCUT2D eigenvalue weighted by molar-refractivity contribution is 6.35. The molecule has 7 heteroatoms. The fourth-order valence-corrected chi connectivity index (χ4v) is 3.54. The highest BCUT2D eigenvalue weighted by Gasteiger charge is 2.28.